The molecule has 0 aromatic heterocycles. The fourth-order valence-corrected chi connectivity index (χ4v) is 4.35. The SMILES string of the molecule is CCCN(C[C@@H]1COc2ccccc2O1)S(=O)(=O)c1ccc(C#N)cc1. The van der Waals surface area contributed by atoms with E-state index in [1.54, 1.807) is 6.07 Å². The molecule has 1 aliphatic rings. The Kier molecular flexibility index (Phi) is 5.45. The highest BCUT2D eigenvalue weighted by atomic mass is 32.2. The fraction of sp³-hybridized carbons (Fsp3) is 0.316. The van der Waals surface area contributed by atoms with E-state index < -0.39 is 10.0 Å². The second kappa shape index (κ2) is 7.77. The molecule has 0 saturated heterocycles. The van der Waals surface area contributed by atoms with E-state index in [0.717, 1.165) is 0 Å². The van der Waals surface area contributed by atoms with Crippen molar-refractivity contribution in [2.45, 2.75) is 24.3 Å². The maximum Gasteiger partial charge on any atom is 0.243 e. The van der Waals surface area contributed by atoms with Gasteiger partial charge in [0.1, 0.15) is 12.7 Å². The lowest BCUT2D eigenvalue weighted by Gasteiger charge is -2.30. The molecule has 3 rings (SSSR count). The van der Waals surface area contributed by atoms with Gasteiger partial charge in [-0.25, -0.2) is 8.42 Å². The Hall–Kier alpha value is -2.56. The molecule has 0 spiro atoms. The largest absolute Gasteiger partial charge is 0.486 e. The number of benzene rings is 2. The van der Waals surface area contributed by atoms with Crippen molar-refractivity contribution in [2.24, 2.45) is 0 Å². The van der Waals surface area contributed by atoms with Crippen LogP contribution in [0.1, 0.15) is 18.9 Å². The number of para-hydroxylation sites is 2. The van der Waals surface area contributed by atoms with Crippen LogP contribution in [0.2, 0.25) is 0 Å². The number of hydrogen-bond donors (Lipinski definition) is 0. The average molecular weight is 372 g/mol. The van der Waals surface area contributed by atoms with Gasteiger partial charge in [-0.15, -0.1) is 0 Å². The van der Waals surface area contributed by atoms with Crippen LogP contribution in [-0.4, -0.2) is 38.5 Å². The Morgan fingerprint density at radius 3 is 2.50 bits per heavy atom. The van der Waals surface area contributed by atoms with E-state index in [1.165, 1.54) is 28.6 Å². The summed E-state index contributed by atoms with van der Waals surface area (Å²) in [5, 5.41) is 8.88. The van der Waals surface area contributed by atoms with E-state index in [-0.39, 0.29) is 17.5 Å². The molecular weight excluding hydrogens is 352 g/mol. The summed E-state index contributed by atoms with van der Waals surface area (Å²) in [4.78, 5) is 0.169. The van der Waals surface area contributed by atoms with E-state index in [2.05, 4.69) is 0 Å². The predicted octanol–water partition coefficient (Wildman–Crippen LogP) is 2.80. The monoisotopic (exact) mass is 372 g/mol. The topological polar surface area (TPSA) is 79.6 Å². The molecule has 1 atom stereocenters. The van der Waals surface area contributed by atoms with E-state index in [4.69, 9.17) is 14.7 Å². The zero-order valence-corrected chi connectivity index (χ0v) is 15.3. The molecule has 1 aliphatic heterocycles. The van der Waals surface area contributed by atoms with E-state index >= 15 is 0 Å². The predicted molar refractivity (Wildman–Crippen MR) is 96.6 cm³/mol. The number of fused-ring (bicyclic) bond motifs is 1. The Balaban J connectivity index is 1.79. The van der Waals surface area contributed by atoms with Crippen molar-refractivity contribution in [3.8, 4) is 17.6 Å². The quantitative estimate of drug-likeness (QED) is 0.779. The van der Waals surface area contributed by atoms with Crippen molar-refractivity contribution < 1.29 is 17.9 Å². The third-order valence-corrected chi connectivity index (χ3v) is 5.95. The van der Waals surface area contributed by atoms with E-state index in [1.807, 2.05) is 31.2 Å². The molecule has 0 aliphatic carbocycles. The zero-order valence-electron chi connectivity index (χ0n) is 14.5. The van der Waals surface area contributed by atoms with Gasteiger partial charge in [-0.2, -0.15) is 9.57 Å². The lowest BCUT2D eigenvalue weighted by atomic mass is 10.2. The lowest BCUT2D eigenvalue weighted by Crippen LogP contribution is -2.44. The van der Waals surface area contributed by atoms with Gasteiger partial charge in [0.05, 0.1) is 23.1 Å². The van der Waals surface area contributed by atoms with Crippen LogP contribution in [0.4, 0.5) is 0 Å². The van der Waals surface area contributed by atoms with Gasteiger partial charge < -0.3 is 9.47 Å². The molecule has 0 saturated carbocycles. The Morgan fingerprint density at radius 1 is 1.15 bits per heavy atom. The van der Waals surface area contributed by atoms with Crippen LogP contribution in [0.3, 0.4) is 0 Å². The summed E-state index contributed by atoms with van der Waals surface area (Å²) in [5.41, 5.74) is 0.423. The van der Waals surface area contributed by atoms with Gasteiger partial charge >= 0.3 is 0 Å². The minimum atomic E-state index is -3.68. The molecule has 26 heavy (non-hydrogen) atoms. The van der Waals surface area contributed by atoms with Crippen LogP contribution in [0.25, 0.3) is 0 Å². The summed E-state index contributed by atoms with van der Waals surface area (Å²) in [6, 6.07) is 15.3. The van der Waals surface area contributed by atoms with Crippen LogP contribution in [0.5, 0.6) is 11.5 Å². The molecular formula is C19H20N2O4S. The second-order valence-electron chi connectivity index (χ2n) is 6.00. The first-order valence-electron chi connectivity index (χ1n) is 8.43. The van der Waals surface area contributed by atoms with Crippen LogP contribution >= 0.6 is 0 Å². The lowest BCUT2D eigenvalue weighted by molar-refractivity contribution is 0.0764. The van der Waals surface area contributed by atoms with Crippen LogP contribution in [0.15, 0.2) is 53.4 Å². The Morgan fingerprint density at radius 2 is 1.85 bits per heavy atom. The normalized spacial score (nSPS) is 16.3. The number of nitrogens with zero attached hydrogens (tertiary/aromatic N) is 2. The zero-order chi connectivity index (χ0) is 18.6. The minimum absolute atomic E-state index is 0.169. The number of nitriles is 1. The van der Waals surface area contributed by atoms with Crippen LogP contribution in [0, 0.1) is 11.3 Å². The molecule has 0 bridgehead atoms. The molecule has 2 aromatic carbocycles. The third-order valence-electron chi connectivity index (χ3n) is 4.07. The van der Waals surface area contributed by atoms with Crippen molar-refractivity contribution in [2.75, 3.05) is 19.7 Å². The van der Waals surface area contributed by atoms with Crippen molar-refractivity contribution in [3.63, 3.8) is 0 Å². The minimum Gasteiger partial charge on any atom is -0.486 e. The smallest absolute Gasteiger partial charge is 0.243 e. The first-order chi connectivity index (χ1) is 12.5. The standard InChI is InChI=1S/C19H20N2O4S/c1-2-11-21(26(22,23)17-9-7-15(12-20)8-10-17)13-16-14-24-18-5-3-4-6-19(18)25-16/h3-10,16H,2,11,13-14H2,1H3/t16-/m1/s1. The summed E-state index contributed by atoms with van der Waals surface area (Å²) in [6.45, 7) is 2.79. The molecule has 1 heterocycles. The number of ether oxygens (including phenoxy) is 2. The maximum atomic E-state index is 13.0. The highest BCUT2D eigenvalue weighted by Gasteiger charge is 2.30. The molecule has 7 heteroatoms. The molecule has 0 radical (unpaired) electrons. The van der Waals surface area contributed by atoms with Gasteiger partial charge in [-0.1, -0.05) is 19.1 Å². The Bertz CT molecular complexity index is 904. The first kappa shape index (κ1) is 18.2. The van der Waals surface area contributed by atoms with Gasteiger partial charge in [0.15, 0.2) is 11.5 Å². The highest BCUT2D eigenvalue weighted by Crippen LogP contribution is 2.31. The number of rotatable bonds is 6. The molecule has 0 fully saturated rings. The number of sulfonamides is 1. The summed E-state index contributed by atoms with van der Waals surface area (Å²) in [7, 11) is -3.68. The van der Waals surface area contributed by atoms with Crippen molar-refractivity contribution in [3.05, 3.63) is 54.1 Å². The molecule has 2 aromatic rings. The average Bonchev–Trinajstić information content (AvgIpc) is 2.67. The first-order valence-corrected chi connectivity index (χ1v) is 9.87. The Labute approximate surface area is 153 Å². The second-order valence-corrected chi connectivity index (χ2v) is 7.93. The maximum absolute atomic E-state index is 13.0. The van der Waals surface area contributed by atoms with E-state index in [9.17, 15) is 8.42 Å². The van der Waals surface area contributed by atoms with E-state index in [0.29, 0.717) is 36.6 Å². The fourth-order valence-electron chi connectivity index (χ4n) is 2.79. The van der Waals surface area contributed by atoms with Gasteiger partial charge in [0, 0.05) is 6.54 Å². The highest BCUT2D eigenvalue weighted by molar-refractivity contribution is 7.89. The van der Waals surface area contributed by atoms with Crippen LogP contribution < -0.4 is 9.47 Å². The van der Waals surface area contributed by atoms with Gasteiger partial charge in [-0.05, 0) is 42.8 Å². The summed E-state index contributed by atoms with van der Waals surface area (Å²) < 4.78 is 39.0. The molecule has 136 valence electrons. The summed E-state index contributed by atoms with van der Waals surface area (Å²) >= 11 is 0. The van der Waals surface area contributed by atoms with Crippen molar-refractivity contribution in [1.82, 2.24) is 4.31 Å². The van der Waals surface area contributed by atoms with Gasteiger partial charge in [0.2, 0.25) is 10.0 Å². The number of hydrogen-bond acceptors (Lipinski definition) is 5. The molecule has 6 nitrogen and oxygen atoms in total. The van der Waals surface area contributed by atoms with Gasteiger partial charge in [0.25, 0.3) is 0 Å². The summed E-state index contributed by atoms with van der Waals surface area (Å²) in [5.74, 6) is 1.29. The van der Waals surface area contributed by atoms with Gasteiger partial charge in [-0.3, -0.25) is 0 Å². The molecule has 0 unspecified atom stereocenters. The van der Waals surface area contributed by atoms with Crippen molar-refractivity contribution >= 4 is 10.0 Å². The van der Waals surface area contributed by atoms with Crippen LogP contribution in [-0.2, 0) is 10.0 Å². The third kappa shape index (κ3) is 3.82. The van der Waals surface area contributed by atoms with Crippen molar-refractivity contribution in [1.29, 1.82) is 5.26 Å². The summed E-state index contributed by atoms with van der Waals surface area (Å²) in [6.07, 6.45) is 0.296. The molecule has 0 N–H and O–H groups in total. The molecule has 0 amide bonds.